The van der Waals surface area contributed by atoms with Gasteiger partial charge in [0.25, 0.3) is 5.91 Å². The molecular formula is C20H23F4N5O. The molecule has 1 aromatic heterocycles. The molecule has 162 valence electrons. The van der Waals surface area contributed by atoms with Crippen LogP contribution in [0, 0.1) is 5.82 Å². The van der Waals surface area contributed by atoms with Crippen molar-refractivity contribution in [1.82, 2.24) is 19.8 Å². The van der Waals surface area contributed by atoms with E-state index in [4.69, 9.17) is 0 Å². The van der Waals surface area contributed by atoms with Crippen LogP contribution in [0.1, 0.15) is 40.9 Å². The van der Waals surface area contributed by atoms with Gasteiger partial charge in [0.1, 0.15) is 5.82 Å². The van der Waals surface area contributed by atoms with Crippen LogP contribution in [-0.4, -0.2) is 58.9 Å². The molecule has 1 saturated heterocycles. The van der Waals surface area contributed by atoms with Crippen LogP contribution in [0.15, 0.2) is 30.6 Å². The highest BCUT2D eigenvalue weighted by Crippen LogP contribution is 2.35. The molecule has 0 saturated carbocycles. The molecule has 0 aliphatic carbocycles. The maximum atomic E-state index is 13.3. The van der Waals surface area contributed by atoms with Gasteiger partial charge in [-0.15, -0.1) is 0 Å². The summed E-state index contributed by atoms with van der Waals surface area (Å²) in [5.74, 6) is -1.07. The smallest absolute Gasteiger partial charge is 0.348 e. The Morgan fingerprint density at radius 1 is 1.27 bits per heavy atom. The Bertz CT molecular complexity index is 901. The number of likely N-dealkylation sites (tertiary alicyclic amines) is 1. The van der Waals surface area contributed by atoms with E-state index in [-0.39, 0.29) is 17.4 Å². The summed E-state index contributed by atoms with van der Waals surface area (Å²) in [5.41, 5.74) is -0.872. The lowest BCUT2D eigenvalue weighted by atomic mass is 10.0. The molecule has 1 amide bonds. The van der Waals surface area contributed by atoms with Gasteiger partial charge in [-0.2, -0.15) is 13.2 Å². The molecule has 2 unspecified atom stereocenters. The molecule has 6 nitrogen and oxygen atoms in total. The average Bonchev–Trinajstić information content (AvgIpc) is 3.18. The van der Waals surface area contributed by atoms with E-state index < -0.39 is 23.6 Å². The Hall–Kier alpha value is -2.75. The minimum Gasteiger partial charge on any atom is -0.348 e. The van der Waals surface area contributed by atoms with Gasteiger partial charge in [-0.3, -0.25) is 4.79 Å². The second-order valence-corrected chi connectivity index (χ2v) is 7.55. The summed E-state index contributed by atoms with van der Waals surface area (Å²) in [6.45, 7) is 2.76. The fourth-order valence-corrected chi connectivity index (χ4v) is 3.47. The van der Waals surface area contributed by atoms with Crippen molar-refractivity contribution in [2.75, 3.05) is 32.5 Å². The lowest BCUT2D eigenvalue weighted by Gasteiger charge is -2.21. The summed E-state index contributed by atoms with van der Waals surface area (Å²) in [6.07, 6.45) is -1.11. The highest BCUT2D eigenvalue weighted by molar-refractivity contribution is 5.93. The fourth-order valence-electron chi connectivity index (χ4n) is 3.47. The Morgan fingerprint density at radius 2 is 1.93 bits per heavy atom. The van der Waals surface area contributed by atoms with Gasteiger partial charge in [0.05, 0.1) is 17.2 Å². The summed E-state index contributed by atoms with van der Waals surface area (Å²) in [4.78, 5) is 24.5. The van der Waals surface area contributed by atoms with Crippen molar-refractivity contribution in [2.45, 2.75) is 31.6 Å². The van der Waals surface area contributed by atoms with E-state index in [9.17, 15) is 22.4 Å². The number of hydrogen-bond acceptors (Lipinski definition) is 5. The Kier molecular flexibility index (Phi) is 6.25. The molecule has 10 heteroatoms. The number of aromatic nitrogens is 2. The highest BCUT2D eigenvalue weighted by atomic mass is 19.4. The number of halogens is 4. The number of nitrogens with zero attached hydrogens (tertiary/aromatic N) is 4. The molecular weight excluding hydrogens is 402 g/mol. The first-order chi connectivity index (χ1) is 14.1. The van der Waals surface area contributed by atoms with Crippen LogP contribution in [0.3, 0.4) is 0 Å². The third-order valence-electron chi connectivity index (χ3n) is 5.21. The predicted molar refractivity (Wildman–Crippen MR) is 103 cm³/mol. The van der Waals surface area contributed by atoms with Gasteiger partial charge in [0, 0.05) is 31.5 Å². The van der Waals surface area contributed by atoms with Crippen LogP contribution in [-0.2, 0) is 6.18 Å². The van der Waals surface area contributed by atoms with E-state index in [0.717, 1.165) is 18.6 Å². The van der Waals surface area contributed by atoms with E-state index in [1.54, 1.807) is 4.90 Å². The number of nitrogens with one attached hydrogen (secondary N) is 1. The molecule has 1 aliphatic heterocycles. The summed E-state index contributed by atoms with van der Waals surface area (Å²) in [5, 5.41) is 2.77. The largest absolute Gasteiger partial charge is 0.416 e. The molecule has 2 heterocycles. The monoisotopic (exact) mass is 425 g/mol. The standard InChI is InChI=1S/C20H23F4N5O/c1-12(16-5-4-14(21)8-17(16)20(22,23)24)27-19-25-9-13(10-26-19)18(30)29-7-6-15(11-29)28(2)3/h4-5,8-10,12,15H,6-7,11H2,1-3H3,(H,25,26,27). The van der Waals surface area contributed by atoms with Gasteiger partial charge in [0.15, 0.2) is 0 Å². The van der Waals surface area contributed by atoms with Crippen molar-refractivity contribution in [3.63, 3.8) is 0 Å². The molecule has 0 spiro atoms. The Balaban J connectivity index is 1.70. The number of hydrogen-bond donors (Lipinski definition) is 1. The zero-order valence-electron chi connectivity index (χ0n) is 16.9. The second kappa shape index (κ2) is 8.55. The number of benzene rings is 1. The molecule has 2 atom stereocenters. The molecule has 0 radical (unpaired) electrons. The summed E-state index contributed by atoms with van der Waals surface area (Å²) in [7, 11) is 3.93. The topological polar surface area (TPSA) is 61.4 Å². The maximum Gasteiger partial charge on any atom is 0.416 e. The van der Waals surface area contributed by atoms with Gasteiger partial charge in [-0.1, -0.05) is 6.07 Å². The summed E-state index contributed by atoms with van der Waals surface area (Å²) in [6, 6.07) is 2.00. The first-order valence-corrected chi connectivity index (χ1v) is 9.47. The normalized spacial score (nSPS) is 18.0. The number of anilines is 1. The third kappa shape index (κ3) is 4.86. The number of carbonyl (C=O) groups excluding carboxylic acids is 1. The van der Waals surface area contributed by atoms with Gasteiger partial charge in [0.2, 0.25) is 5.95 Å². The fraction of sp³-hybridized carbons (Fsp3) is 0.450. The van der Waals surface area contributed by atoms with Crippen LogP contribution in [0.25, 0.3) is 0 Å². The van der Waals surface area contributed by atoms with Gasteiger partial charge >= 0.3 is 6.18 Å². The van der Waals surface area contributed by atoms with Crippen molar-refractivity contribution in [3.05, 3.63) is 53.1 Å². The van der Waals surface area contributed by atoms with Crippen molar-refractivity contribution < 1.29 is 22.4 Å². The van der Waals surface area contributed by atoms with Gasteiger partial charge in [-0.25, -0.2) is 14.4 Å². The molecule has 1 aromatic carbocycles. The molecule has 1 N–H and O–H groups in total. The predicted octanol–water partition coefficient (Wildman–Crippen LogP) is 3.58. The van der Waals surface area contributed by atoms with Crippen molar-refractivity contribution in [1.29, 1.82) is 0 Å². The number of carbonyl (C=O) groups is 1. The minimum absolute atomic E-state index is 0.0732. The number of rotatable bonds is 5. The molecule has 1 aliphatic rings. The second-order valence-electron chi connectivity index (χ2n) is 7.55. The van der Waals surface area contributed by atoms with Crippen molar-refractivity contribution >= 4 is 11.9 Å². The lowest BCUT2D eigenvalue weighted by molar-refractivity contribution is -0.138. The third-order valence-corrected chi connectivity index (χ3v) is 5.21. The van der Waals surface area contributed by atoms with Gasteiger partial charge < -0.3 is 15.1 Å². The SMILES string of the molecule is CC(Nc1ncc(C(=O)N2CCC(N(C)C)C2)cn1)c1ccc(F)cc1C(F)(F)F. The molecule has 3 rings (SSSR count). The van der Waals surface area contributed by atoms with Crippen LogP contribution >= 0.6 is 0 Å². The van der Waals surface area contributed by atoms with Gasteiger partial charge in [-0.05, 0) is 45.1 Å². The minimum atomic E-state index is -4.69. The van der Waals surface area contributed by atoms with Crippen molar-refractivity contribution in [2.24, 2.45) is 0 Å². The lowest BCUT2D eigenvalue weighted by Crippen LogP contribution is -2.34. The molecule has 0 bridgehead atoms. The Morgan fingerprint density at radius 3 is 2.50 bits per heavy atom. The summed E-state index contributed by atoms with van der Waals surface area (Å²) >= 11 is 0. The molecule has 2 aromatic rings. The summed E-state index contributed by atoms with van der Waals surface area (Å²) < 4.78 is 53.0. The molecule has 30 heavy (non-hydrogen) atoms. The number of amides is 1. The highest BCUT2D eigenvalue weighted by Gasteiger charge is 2.35. The number of alkyl halides is 3. The average molecular weight is 425 g/mol. The van der Waals surface area contributed by atoms with Crippen LogP contribution < -0.4 is 5.32 Å². The van der Waals surface area contributed by atoms with E-state index in [0.29, 0.717) is 30.8 Å². The van der Waals surface area contributed by atoms with E-state index in [2.05, 4.69) is 20.2 Å². The maximum absolute atomic E-state index is 13.3. The van der Waals surface area contributed by atoms with Crippen molar-refractivity contribution in [3.8, 4) is 0 Å². The first kappa shape index (κ1) is 21.9. The van der Waals surface area contributed by atoms with E-state index in [1.807, 2.05) is 14.1 Å². The van der Waals surface area contributed by atoms with Crippen LogP contribution in [0.2, 0.25) is 0 Å². The molecule has 1 fully saturated rings. The quantitative estimate of drug-likeness (QED) is 0.742. The van der Waals surface area contributed by atoms with Crippen LogP contribution in [0.4, 0.5) is 23.5 Å². The first-order valence-electron chi connectivity index (χ1n) is 9.47. The Labute approximate surface area is 171 Å². The zero-order chi connectivity index (χ0) is 22.1. The van der Waals surface area contributed by atoms with E-state index >= 15 is 0 Å². The zero-order valence-corrected chi connectivity index (χ0v) is 16.9. The van der Waals surface area contributed by atoms with Crippen LogP contribution in [0.5, 0.6) is 0 Å². The van der Waals surface area contributed by atoms with E-state index in [1.165, 1.54) is 19.3 Å². The number of likely N-dealkylation sites (N-methyl/N-ethyl adjacent to an activating group) is 1.